The van der Waals surface area contributed by atoms with Crippen LogP contribution in [0, 0.1) is 22.6 Å². The summed E-state index contributed by atoms with van der Waals surface area (Å²) in [5, 5.41) is 19.3. The van der Waals surface area contributed by atoms with Gasteiger partial charge < -0.3 is 15.2 Å². The quantitative estimate of drug-likeness (QED) is 0.418. The second-order valence-corrected chi connectivity index (χ2v) is 4.02. The van der Waals surface area contributed by atoms with E-state index in [0.717, 1.165) is 0 Å². The first-order valence-electron chi connectivity index (χ1n) is 5.72. The molecule has 1 heterocycles. The molecule has 4 N–H and O–H groups in total. The molecule has 0 unspecified atom stereocenters. The van der Waals surface area contributed by atoms with Crippen LogP contribution < -0.4 is 15.9 Å². The van der Waals surface area contributed by atoms with Crippen LogP contribution in [0.5, 0.6) is 5.75 Å². The van der Waals surface area contributed by atoms with Crippen LogP contribution in [0.4, 0.5) is 10.1 Å². The molecule has 20 heavy (non-hydrogen) atoms. The molecule has 1 saturated heterocycles. The first-order chi connectivity index (χ1) is 9.60. The van der Waals surface area contributed by atoms with Gasteiger partial charge in [0, 0.05) is 6.07 Å². The van der Waals surface area contributed by atoms with Crippen LogP contribution in [-0.4, -0.2) is 30.9 Å². The Morgan fingerprint density at radius 3 is 2.85 bits per heavy atom. The average Bonchev–Trinajstić information content (AvgIpc) is 2.36. The Labute approximate surface area is 114 Å². The molecule has 0 amide bonds. The molecular formula is C12H12FN5O2. The first-order valence-corrected chi connectivity index (χ1v) is 5.72. The summed E-state index contributed by atoms with van der Waals surface area (Å²) in [5.41, 5.74) is 7.61. The summed E-state index contributed by atoms with van der Waals surface area (Å²) in [6.45, 7) is 0.905. The van der Waals surface area contributed by atoms with E-state index in [1.54, 1.807) is 6.07 Å². The van der Waals surface area contributed by atoms with E-state index in [1.807, 2.05) is 0 Å². The van der Waals surface area contributed by atoms with Gasteiger partial charge in [0.1, 0.15) is 12.2 Å². The normalized spacial score (nSPS) is 15.1. The van der Waals surface area contributed by atoms with Crippen LogP contribution in [0.3, 0.4) is 0 Å². The largest absolute Gasteiger partial charge is 0.483 e. The van der Waals surface area contributed by atoms with Crippen LogP contribution in [0.1, 0.15) is 0 Å². The minimum absolute atomic E-state index is 0.121. The van der Waals surface area contributed by atoms with E-state index in [-0.39, 0.29) is 17.6 Å². The summed E-state index contributed by atoms with van der Waals surface area (Å²) in [5.74, 6) is -0.899. The van der Waals surface area contributed by atoms with Crippen molar-refractivity contribution in [2.45, 2.75) is 6.10 Å². The molecule has 1 aliphatic rings. The predicted molar refractivity (Wildman–Crippen MR) is 70.2 cm³/mol. The minimum atomic E-state index is -0.557. The SMILES string of the molecule is N#C/C(=N\Nc1ccc(OC2COC2)c(F)c1)C(=N)N. The Morgan fingerprint density at radius 2 is 2.35 bits per heavy atom. The van der Waals surface area contributed by atoms with E-state index >= 15 is 0 Å². The Hall–Kier alpha value is -2.66. The van der Waals surface area contributed by atoms with Crippen molar-refractivity contribution < 1.29 is 13.9 Å². The molecule has 7 nitrogen and oxygen atoms in total. The van der Waals surface area contributed by atoms with Gasteiger partial charge >= 0.3 is 0 Å². The van der Waals surface area contributed by atoms with E-state index in [9.17, 15) is 4.39 Å². The molecule has 0 spiro atoms. The zero-order valence-electron chi connectivity index (χ0n) is 10.4. The monoisotopic (exact) mass is 277 g/mol. The van der Waals surface area contributed by atoms with Gasteiger partial charge in [-0.15, -0.1) is 0 Å². The van der Waals surface area contributed by atoms with Gasteiger partial charge in [0.05, 0.1) is 18.9 Å². The lowest BCUT2D eigenvalue weighted by Gasteiger charge is -2.26. The number of halogens is 1. The number of nitrogens with one attached hydrogen (secondary N) is 2. The third-order valence-electron chi connectivity index (χ3n) is 2.49. The van der Waals surface area contributed by atoms with Crippen molar-refractivity contribution in [3.8, 4) is 11.8 Å². The lowest BCUT2D eigenvalue weighted by molar-refractivity contribution is -0.0808. The summed E-state index contributed by atoms with van der Waals surface area (Å²) in [4.78, 5) is 0. The molecule has 1 aromatic rings. The number of anilines is 1. The lowest BCUT2D eigenvalue weighted by atomic mass is 10.2. The average molecular weight is 277 g/mol. The van der Waals surface area contributed by atoms with Crippen molar-refractivity contribution in [1.29, 1.82) is 10.7 Å². The van der Waals surface area contributed by atoms with Gasteiger partial charge in [-0.2, -0.15) is 10.4 Å². The molecule has 0 aliphatic carbocycles. The number of nitrogens with two attached hydrogens (primary N) is 1. The molecule has 0 bridgehead atoms. The third kappa shape index (κ3) is 3.21. The highest BCUT2D eigenvalue weighted by Gasteiger charge is 2.21. The van der Waals surface area contributed by atoms with Crippen molar-refractivity contribution >= 4 is 17.2 Å². The molecule has 1 aliphatic heterocycles. The number of nitriles is 1. The fraction of sp³-hybridized carbons (Fsp3) is 0.250. The summed E-state index contributed by atoms with van der Waals surface area (Å²) >= 11 is 0. The fourth-order valence-corrected chi connectivity index (χ4v) is 1.39. The van der Waals surface area contributed by atoms with Crippen LogP contribution in [-0.2, 0) is 4.74 Å². The van der Waals surface area contributed by atoms with E-state index < -0.39 is 11.7 Å². The van der Waals surface area contributed by atoms with Crippen LogP contribution in [0.15, 0.2) is 23.3 Å². The number of rotatable bonds is 5. The Kier molecular flexibility index (Phi) is 4.12. The molecule has 1 aromatic carbocycles. The van der Waals surface area contributed by atoms with Crippen molar-refractivity contribution in [2.24, 2.45) is 10.8 Å². The second kappa shape index (κ2) is 5.99. The molecule has 0 radical (unpaired) electrons. The number of amidine groups is 1. The number of hydrogen-bond acceptors (Lipinski definition) is 6. The Bertz CT molecular complexity index is 592. The van der Waals surface area contributed by atoms with Gasteiger partial charge in [0.25, 0.3) is 0 Å². The van der Waals surface area contributed by atoms with Crippen LogP contribution in [0.25, 0.3) is 0 Å². The molecule has 104 valence electrons. The highest BCUT2D eigenvalue weighted by molar-refractivity contribution is 6.45. The van der Waals surface area contributed by atoms with Gasteiger partial charge in [-0.1, -0.05) is 0 Å². The van der Waals surface area contributed by atoms with Crippen molar-refractivity contribution in [2.75, 3.05) is 18.6 Å². The standard InChI is InChI=1S/C12H12FN5O2/c13-9-3-7(17-18-10(4-14)12(15)16)1-2-11(9)20-8-5-19-6-8/h1-3,8,17H,5-6H2,(H3,15,16)/b18-10+. The van der Waals surface area contributed by atoms with Gasteiger partial charge in [-0.3, -0.25) is 10.8 Å². The molecule has 0 atom stereocenters. The van der Waals surface area contributed by atoms with Crippen LogP contribution >= 0.6 is 0 Å². The molecular weight excluding hydrogens is 265 g/mol. The van der Waals surface area contributed by atoms with E-state index in [4.69, 9.17) is 25.9 Å². The maximum absolute atomic E-state index is 13.7. The summed E-state index contributed by atoms with van der Waals surface area (Å²) < 4.78 is 24.0. The lowest BCUT2D eigenvalue weighted by Crippen LogP contribution is -2.38. The number of hydrogen-bond donors (Lipinski definition) is 3. The van der Waals surface area contributed by atoms with Gasteiger partial charge in [-0.05, 0) is 12.1 Å². The van der Waals surface area contributed by atoms with Gasteiger partial charge in [0.15, 0.2) is 17.4 Å². The summed E-state index contributed by atoms with van der Waals surface area (Å²) in [7, 11) is 0. The van der Waals surface area contributed by atoms with Crippen molar-refractivity contribution in [1.82, 2.24) is 0 Å². The summed E-state index contributed by atoms with van der Waals surface area (Å²) in [6.07, 6.45) is -0.121. The number of ether oxygens (including phenoxy) is 2. The summed E-state index contributed by atoms with van der Waals surface area (Å²) in [6, 6.07) is 5.81. The maximum atomic E-state index is 13.7. The smallest absolute Gasteiger partial charge is 0.201 e. The van der Waals surface area contributed by atoms with E-state index in [2.05, 4.69) is 10.5 Å². The minimum Gasteiger partial charge on any atom is -0.483 e. The zero-order chi connectivity index (χ0) is 14.5. The van der Waals surface area contributed by atoms with Crippen molar-refractivity contribution in [3.63, 3.8) is 0 Å². The second-order valence-electron chi connectivity index (χ2n) is 4.02. The number of benzene rings is 1. The highest BCUT2D eigenvalue weighted by Crippen LogP contribution is 2.23. The first kappa shape index (κ1) is 13.8. The fourth-order valence-electron chi connectivity index (χ4n) is 1.39. The van der Waals surface area contributed by atoms with E-state index in [0.29, 0.717) is 18.9 Å². The van der Waals surface area contributed by atoms with E-state index in [1.165, 1.54) is 18.2 Å². The molecule has 8 heteroatoms. The van der Waals surface area contributed by atoms with Crippen molar-refractivity contribution in [3.05, 3.63) is 24.0 Å². The molecule has 2 rings (SSSR count). The number of hydrazone groups is 1. The topological polar surface area (TPSA) is 117 Å². The molecule has 0 saturated carbocycles. The van der Waals surface area contributed by atoms with Crippen LogP contribution in [0.2, 0.25) is 0 Å². The molecule has 0 aromatic heterocycles. The molecule has 1 fully saturated rings. The third-order valence-corrected chi connectivity index (χ3v) is 2.49. The maximum Gasteiger partial charge on any atom is 0.201 e. The predicted octanol–water partition coefficient (Wildman–Crippen LogP) is 0.831. The zero-order valence-corrected chi connectivity index (χ0v) is 10.4. The van der Waals surface area contributed by atoms with Gasteiger partial charge in [-0.25, -0.2) is 4.39 Å². The number of nitrogens with zero attached hydrogens (tertiary/aromatic N) is 2. The highest BCUT2D eigenvalue weighted by atomic mass is 19.1. The Balaban J connectivity index is 2.05. The Morgan fingerprint density at radius 1 is 1.60 bits per heavy atom. The van der Waals surface area contributed by atoms with Gasteiger partial charge in [0.2, 0.25) is 5.71 Å².